The maximum absolute atomic E-state index is 13.3. The van der Waals surface area contributed by atoms with Gasteiger partial charge >= 0.3 is 0 Å². The Labute approximate surface area is 109 Å². The maximum atomic E-state index is 13.3. The number of hydrogen-bond donors (Lipinski definition) is 2. The number of aliphatic hydroxyl groups excluding tert-OH is 1. The van der Waals surface area contributed by atoms with Gasteiger partial charge in [0, 0.05) is 29.7 Å². The topological polar surface area (TPSA) is 41.5 Å². The summed E-state index contributed by atoms with van der Waals surface area (Å²) in [5, 5.41) is 12.5. The molecule has 2 N–H and O–H groups in total. The summed E-state index contributed by atoms with van der Waals surface area (Å²) in [4.78, 5) is 0. The smallest absolute Gasteiger partial charge is 0.127 e. The molecule has 0 spiro atoms. The van der Waals surface area contributed by atoms with Crippen LogP contribution in [0.15, 0.2) is 22.7 Å². The van der Waals surface area contributed by atoms with Gasteiger partial charge in [0.15, 0.2) is 0 Å². The summed E-state index contributed by atoms with van der Waals surface area (Å²) in [5.74, 6) is -0.250. The molecule has 0 aliphatic rings. The lowest BCUT2D eigenvalue weighted by molar-refractivity contribution is 0.0427. The van der Waals surface area contributed by atoms with Crippen LogP contribution in [0.3, 0.4) is 0 Å². The summed E-state index contributed by atoms with van der Waals surface area (Å²) in [7, 11) is 0. The largest absolute Gasteiger partial charge is 0.389 e. The molecule has 3 nitrogen and oxygen atoms in total. The minimum atomic E-state index is -0.565. The van der Waals surface area contributed by atoms with E-state index in [0.717, 1.165) is 4.47 Å². The molecule has 0 aliphatic carbocycles. The van der Waals surface area contributed by atoms with E-state index in [1.54, 1.807) is 12.1 Å². The van der Waals surface area contributed by atoms with E-state index in [1.807, 2.05) is 6.92 Å². The number of benzene rings is 1. The zero-order chi connectivity index (χ0) is 12.7. The molecule has 1 rings (SSSR count). The molecule has 0 amide bonds. The van der Waals surface area contributed by atoms with Gasteiger partial charge in [-0.1, -0.05) is 15.9 Å². The van der Waals surface area contributed by atoms with Crippen molar-refractivity contribution in [3.63, 3.8) is 0 Å². The number of ether oxygens (including phenoxy) is 1. The first-order valence-electron chi connectivity index (χ1n) is 5.54. The third-order valence-corrected chi connectivity index (χ3v) is 2.71. The van der Waals surface area contributed by atoms with Crippen molar-refractivity contribution in [2.24, 2.45) is 0 Å². The highest BCUT2D eigenvalue weighted by Crippen LogP contribution is 2.15. The number of nitrogens with one attached hydrogen (secondary N) is 1. The first-order valence-corrected chi connectivity index (χ1v) is 6.33. The molecule has 1 aromatic carbocycles. The minimum Gasteiger partial charge on any atom is -0.389 e. The minimum absolute atomic E-state index is 0.250. The van der Waals surface area contributed by atoms with E-state index in [2.05, 4.69) is 21.2 Å². The highest BCUT2D eigenvalue weighted by atomic mass is 79.9. The maximum Gasteiger partial charge on any atom is 0.127 e. The molecule has 0 aromatic heterocycles. The van der Waals surface area contributed by atoms with Gasteiger partial charge in [-0.3, -0.25) is 0 Å². The van der Waals surface area contributed by atoms with Gasteiger partial charge in [0.2, 0.25) is 0 Å². The van der Waals surface area contributed by atoms with Crippen LogP contribution in [0.1, 0.15) is 12.5 Å². The lowest BCUT2D eigenvalue weighted by Gasteiger charge is -2.12. The molecule has 0 radical (unpaired) electrons. The number of aliphatic hydroxyl groups is 1. The Morgan fingerprint density at radius 2 is 2.29 bits per heavy atom. The average molecular weight is 306 g/mol. The summed E-state index contributed by atoms with van der Waals surface area (Å²) >= 11 is 3.29. The van der Waals surface area contributed by atoms with Gasteiger partial charge in [0.05, 0.1) is 12.7 Å². The SMILES string of the molecule is CCOCC(O)CNCc1cc(Br)ccc1F. The van der Waals surface area contributed by atoms with Crippen LogP contribution in [-0.4, -0.2) is 31.0 Å². The zero-order valence-electron chi connectivity index (χ0n) is 9.75. The van der Waals surface area contributed by atoms with E-state index >= 15 is 0 Å². The van der Waals surface area contributed by atoms with E-state index in [-0.39, 0.29) is 5.82 Å². The van der Waals surface area contributed by atoms with Crippen molar-refractivity contribution < 1.29 is 14.2 Å². The molecule has 0 heterocycles. The van der Waals surface area contributed by atoms with E-state index < -0.39 is 6.10 Å². The summed E-state index contributed by atoms with van der Waals surface area (Å²) in [6.45, 7) is 3.51. The highest BCUT2D eigenvalue weighted by Gasteiger charge is 2.05. The van der Waals surface area contributed by atoms with Gasteiger partial charge in [0.25, 0.3) is 0 Å². The zero-order valence-corrected chi connectivity index (χ0v) is 11.3. The Morgan fingerprint density at radius 3 is 3.00 bits per heavy atom. The standard InChI is InChI=1S/C12H17BrFNO2/c1-2-17-8-11(16)7-15-6-9-5-10(13)3-4-12(9)14/h3-5,11,15-16H,2,6-8H2,1H3. The van der Waals surface area contributed by atoms with Crippen molar-refractivity contribution >= 4 is 15.9 Å². The second-order valence-corrected chi connectivity index (χ2v) is 4.60. The lowest BCUT2D eigenvalue weighted by atomic mass is 10.2. The Hall–Kier alpha value is -0.490. The molecule has 96 valence electrons. The van der Waals surface area contributed by atoms with Crippen LogP contribution in [0.2, 0.25) is 0 Å². The van der Waals surface area contributed by atoms with Crippen LogP contribution >= 0.6 is 15.9 Å². The first-order chi connectivity index (χ1) is 8.13. The predicted octanol–water partition coefficient (Wildman–Crippen LogP) is 2.08. The fraction of sp³-hybridized carbons (Fsp3) is 0.500. The second kappa shape index (κ2) is 7.76. The Morgan fingerprint density at radius 1 is 1.53 bits per heavy atom. The third kappa shape index (κ3) is 5.59. The molecular formula is C12H17BrFNO2. The van der Waals surface area contributed by atoms with E-state index in [4.69, 9.17) is 4.74 Å². The quantitative estimate of drug-likeness (QED) is 0.810. The fourth-order valence-corrected chi connectivity index (χ4v) is 1.77. The molecule has 0 saturated carbocycles. The third-order valence-electron chi connectivity index (χ3n) is 2.22. The fourth-order valence-electron chi connectivity index (χ4n) is 1.37. The molecule has 5 heteroatoms. The van der Waals surface area contributed by atoms with Gasteiger partial charge in [-0.15, -0.1) is 0 Å². The van der Waals surface area contributed by atoms with Gasteiger partial charge in [-0.2, -0.15) is 0 Å². The summed E-state index contributed by atoms with van der Waals surface area (Å²) in [5.41, 5.74) is 0.572. The van der Waals surface area contributed by atoms with Crippen molar-refractivity contribution in [3.8, 4) is 0 Å². The molecular weight excluding hydrogens is 289 g/mol. The van der Waals surface area contributed by atoms with E-state index in [0.29, 0.717) is 31.9 Å². The second-order valence-electron chi connectivity index (χ2n) is 3.68. The molecule has 0 aliphatic heterocycles. The van der Waals surface area contributed by atoms with Crippen LogP contribution in [0.25, 0.3) is 0 Å². The van der Waals surface area contributed by atoms with Crippen LogP contribution in [0, 0.1) is 5.82 Å². The number of rotatable bonds is 7. The molecule has 0 saturated heterocycles. The van der Waals surface area contributed by atoms with Crippen LogP contribution in [0.4, 0.5) is 4.39 Å². The van der Waals surface area contributed by atoms with Crippen LogP contribution < -0.4 is 5.32 Å². The van der Waals surface area contributed by atoms with Crippen molar-refractivity contribution in [1.29, 1.82) is 0 Å². The van der Waals surface area contributed by atoms with Gasteiger partial charge in [-0.05, 0) is 25.1 Å². The van der Waals surface area contributed by atoms with E-state index in [1.165, 1.54) is 6.07 Å². The molecule has 17 heavy (non-hydrogen) atoms. The normalized spacial score (nSPS) is 12.7. The van der Waals surface area contributed by atoms with Crippen molar-refractivity contribution in [2.45, 2.75) is 19.6 Å². The monoisotopic (exact) mass is 305 g/mol. The van der Waals surface area contributed by atoms with Crippen molar-refractivity contribution in [1.82, 2.24) is 5.32 Å². The number of hydrogen-bond acceptors (Lipinski definition) is 3. The molecule has 1 unspecified atom stereocenters. The van der Waals surface area contributed by atoms with Gasteiger partial charge in [-0.25, -0.2) is 4.39 Å². The molecule has 1 aromatic rings. The Balaban J connectivity index is 2.32. The van der Waals surface area contributed by atoms with Crippen LogP contribution in [0.5, 0.6) is 0 Å². The molecule has 1 atom stereocenters. The average Bonchev–Trinajstić information content (AvgIpc) is 2.31. The first kappa shape index (κ1) is 14.6. The van der Waals surface area contributed by atoms with Gasteiger partial charge < -0.3 is 15.2 Å². The molecule has 0 fully saturated rings. The Kier molecular flexibility index (Phi) is 6.65. The van der Waals surface area contributed by atoms with Gasteiger partial charge in [0.1, 0.15) is 5.82 Å². The van der Waals surface area contributed by atoms with Crippen molar-refractivity contribution in [3.05, 3.63) is 34.1 Å². The number of halogens is 2. The summed E-state index contributed by atoms with van der Waals surface area (Å²) in [6.07, 6.45) is -0.565. The summed E-state index contributed by atoms with van der Waals surface area (Å²) in [6, 6.07) is 4.79. The lowest BCUT2D eigenvalue weighted by Crippen LogP contribution is -2.30. The molecule has 0 bridgehead atoms. The Bertz CT molecular complexity index is 349. The summed E-state index contributed by atoms with van der Waals surface area (Å²) < 4.78 is 19.3. The van der Waals surface area contributed by atoms with Crippen LogP contribution in [-0.2, 0) is 11.3 Å². The van der Waals surface area contributed by atoms with Crippen molar-refractivity contribution in [2.75, 3.05) is 19.8 Å². The predicted molar refractivity (Wildman–Crippen MR) is 68.3 cm³/mol. The van der Waals surface area contributed by atoms with E-state index in [9.17, 15) is 9.50 Å². The highest BCUT2D eigenvalue weighted by molar-refractivity contribution is 9.10.